The van der Waals surface area contributed by atoms with Crippen LogP contribution in [0.25, 0.3) is 0 Å². The van der Waals surface area contributed by atoms with Crippen LogP contribution in [0.3, 0.4) is 0 Å². The molecule has 1 aromatic carbocycles. The van der Waals surface area contributed by atoms with Crippen molar-refractivity contribution in [2.24, 2.45) is 0 Å². The molecule has 18 heavy (non-hydrogen) atoms. The highest BCUT2D eigenvalue weighted by atomic mass is 35.5. The molecule has 0 atom stereocenters. The van der Waals surface area contributed by atoms with Crippen LogP contribution in [0, 0.1) is 6.92 Å². The summed E-state index contributed by atoms with van der Waals surface area (Å²) < 4.78 is 26.4. The molecule has 0 unspecified atom stereocenters. The molecule has 0 saturated heterocycles. The zero-order valence-corrected chi connectivity index (χ0v) is 11.0. The van der Waals surface area contributed by atoms with E-state index in [0.717, 1.165) is 0 Å². The summed E-state index contributed by atoms with van der Waals surface area (Å²) in [4.78, 5) is -0.0216. The van der Waals surface area contributed by atoms with Crippen molar-refractivity contribution in [3.05, 3.63) is 35.0 Å². The standard InChI is InChI=1S/C10H11ClN4O2S/c1-6-9(12)10(14-13-6)15-18(16,17)8-5-3-2-4-7(8)11/h2-5H,12H2,1H3,(H2,13,14,15). The van der Waals surface area contributed by atoms with Gasteiger partial charge in [-0.25, -0.2) is 8.42 Å². The van der Waals surface area contributed by atoms with Crippen LogP contribution in [-0.2, 0) is 10.0 Å². The maximum absolute atomic E-state index is 12.1. The van der Waals surface area contributed by atoms with Crippen LogP contribution in [0.15, 0.2) is 29.2 Å². The van der Waals surface area contributed by atoms with Crippen molar-refractivity contribution in [1.29, 1.82) is 0 Å². The molecular weight excluding hydrogens is 276 g/mol. The van der Waals surface area contributed by atoms with Crippen LogP contribution in [0.4, 0.5) is 11.5 Å². The summed E-state index contributed by atoms with van der Waals surface area (Å²) in [5.41, 5.74) is 6.52. The first kappa shape index (κ1) is 12.7. The summed E-state index contributed by atoms with van der Waals surface area (Å²) >= 11 is 5.84. The Morgan fingerprint density at radius 1 is 1.39 bits per heavy atom. The minimum absolute atomic E-state index is 0.0216. The van der Waals surface area contributed by atoms with E-state index in [1.807, 2.05) is 0 Å². The number of nitrogens with two attached hydrogens (primary N) is 1. The van der Waals surface area contributed by atoms with Crippen LogP contribution < -0.4 is 10.5 Å². The maximum atomic E-state index is 12.1. The van der Waals surface area contributed by atoms with E-state index in [1.54, 1.807) is 19.1 Å². The first-order valence-electron chi connectivity index (χ1n) is 4.99. The Labute approximate surface area is 109 Å². The van der Waals surface area contributed by atoms with E-state index in [-0.39, 0.29) is 21.4 Å². The van der Waals surface area contributed by atoms with Crippen LogP contribution in [0.1, 0.15) is 5.69 Å². The van der Waals surface area contributed by atoms with Gasteiger partial charge in [0.1, 0.15) is 4.90 Å². The van der Waals surface area contributed by atoms with Gasteiger partial charge < -0.3 is 5.73 Å². The van der Waals surface area contributed by atoms with E-state index in [4.69, 9.17) is 17.3 Å². The second kappa shape index (κ2) is 4.51. The third-order valence-corrected chi connectivity index (χ3v) is 4.19. The molecule has 2 rings (SSSR count). The molecule has 2 aromatic rings. The average molecular weight is 287 g/mol. The molecule has 96 valence electrons. The topological polar surface area (TPSA) is 101 Å². The Balaban J connectivity index is 2.40. The Morgan fingerprint density at radius 3 is 2.61 bits per heavy atom. The molecule has 0 aliphatic heterocycles. The summed E-state index contributed by atoms with van der Waals surface area (Å²) in [6.07, 6.45) is 0. The summed E-state index contributed by atoms with van der Waals surface area (Å²) in [5.74, 6) is 0.0624. The van der Waals surface area contributed by atoms with Crippen molar-refractivity contribution in [3.8, 4) is 0 Å². The highest BCUT2D eigenvalue weighted by molar-refractivity contribution is 7.92. The largest absolute Gasteiger partial charge is 0.394 e. The minimum Gasteiger partial charge on any atom is -0.394 e. The summed E-state index contributed by atoms with van der Waals surface area (Å²) in [6, 6.07) is 6.13. The second-order valence-corrected chi connectivity index (χ2v) is 5.70. The molecule has 0 fully saturated rings. The molecule has 0 aliphatic rings. The SMILES string of the molecule is Cc1[nH]nc(NS(=O)(=O)c2ccccc2Cl)c1N. The molecule has 0 saturated carbocycles. The number of sulfonamides is 1. The quantitative estimate of drug-likeness (QED) is 0.800. The Morgan fingerprint density at radius 2 is 2.06 bits per heavy atom. The number of halogens is 1. The van der Waals surface area contributed by atoms with Gasteiger partial charge in [0.25, 0.3) is 10.0 Å². The number of rotatable bonds is 3. The monoisotopic (exact) mass is 286 g/mol. The molecule has 0 aliphatic carbocycles. The zero-order valence-electron chi connectivity index (χ0n) is 9.44. The van der Waals surface area contributed by atoms with Crippen LogP contribution in [0.5, 0.6) is 0 Å². The lowest BCUT2D eigenvalue weighted by Gasteiger charge is -2.07. The third kappa shape index (κ3) is 2.27. The van der Waals surface area contributed by atoms with Crippen molar-refractivity contribution >= 4 is 33.1 Å². The number of H-pyrrole nitrogens is 1. The van der Waals surface area contributed by atoms with Gasteiger partial charge in [-0.05, 0) is 19.1 Å². The third-order valence-electron chi connectivity index (χ3n) is 2.35. The molecule has 0 bridgehead atoms. The Hall–Kier alpha value is -1.73. The van der Waals surface area contributed by atoms with Crippen LogP contribution in [0.2, 0.25) is 5.02 Å². The number of anilines is 2. The predicted octanol–water partition coefficient (Wildman–Crippen LogP) is 1.75. The van der Waals surface area contributed by atoms with Crippen LogP contribution >= 0.6 is 11.6 Å². The van der Waals surface area contributed by atoms with Crippen molar-refractivity contribution < 1.29 is 8.42 Å². The molecule has 4 N–H and O–H groups in total. The van der Waals surface area contributed by atoms with E-state index in [0.29, 0.717) is 5.69 Å². The van der Waals surface area contributed by atoms with Gasteiger partial charge in [0, 0.05) is 0 Å². The number of benzene rings is 1. The van der Waals surface area contributed by atoms with Crippen molar-refractivity contribution in [1.82, 2.24) is 10.2 Å². The van der Waals surface area contributed by atoms with Gasteiger partial charge in [0.2, 0.25) is 0 Å². The van der Waals surface area contributed by atoms with Crippen LogP contribution in [-0.4, -0.2) is 18.6 Å². The van der Waals surface area contributed by atoms with E-state index in [9.17, 15) is 8.42 Å². The van der Waals surface area contributed by atoms with Gasteiger partial charge in [0.05, 0.1) is 16.4 Å². The first-order chi connectivity index (χ1) is 8.42. The molecule has 1 heterocycles. The van der Waals surface area contributed by atoms with E-state index in [2.05, 4.69) is 14.9 Å². The number of aromatic amines is 1. The number of hydrogen-bond donors (Lipinski definition) is 3. The van der Waals surface area contributed by atoms with E-state index in [1.165, 1.54) is 12.1 Å². The van der Waals surface area contributed by atoms with Gasteiger partial charge in [-0.1, -0.05) is 23.7 Å². The lowest BCUT2D eigenvalue weighted by atomic mass is 10.4. The smallest absolute Gasteiger partial charge is 0.264 e. The number of aromatic nitrogens is 2. The maximum Gasteiger partial charge on any atom is 0.264 e. The van der Waals surface area contributed by atoms with Gasteiger partial charge in [-0.3, -0.25) is 9.82 Å². The number of nitrogens with zero attached hydrogens (tertiary/aromatic N) is 1. The van der Waals surface area contributed by atoms with E-state index >= 15 is 0 Å². The summed E-state index contributed by atoms with van der Waals surface area (Å²) in [7, 11) is -3.80. The average Bonchev–Trinajstić information content (AvgIpc) is 2.61. The molecule has 0 amide bonds. The fourth-order valence-corrected chi connectivity index (χ4v) is 2.90. The zero-order chi connectivity index (χ0) is 13.3. The van der Waals surface area contributed by atoms with Crippen molar-refractivity contribution in [3.63, 3.8) is 0 Å². The molecule has 0 radical (unpaired) electrons. The first-order valence-corrected chi connectivity index (χ1v) is 6.85. The lowest BCUT2D eigenvalue weighted by molar-refractivity contribution is 0.601. The fourth-order valence-electron chi connectivity index (χ4n) is 1.36. The molecule has 6 nitrogen and oxygen atoms in total. The highest BCUT2D eigenvalue weighted by Gasteiger charge is 2.20. The molecular formula is C10H11ClN4O2S. The molecule has 8 heteroatoms. The Bertz CT molecular complexity index is 681. The number of aryl methyl sites for hydroxylation is 1. The lowest BCUT2D eigenvalue weighted by Crippen LogP contribution is -2.14. The Kier molecular flexibility index (Phi) is 3.18. The van der Waals surface area contributed by atoms with Gasteiger partial charge >= 0.3 is 0 Å². The number of hydrogen-bond acceptors (Lipinski definition) is 4. The van der Waals surface area contributed by atoms with Crippen molar-refractivity contribution in [2.45, 2.75) is 11.8 Å². The number of nitrogens with one attached hydrogen (secondary N) is 2. The normalized spacial score (nSPS) is 11.4. The minimum atomic E-state index is -3.80. The van der Waals surface area contributed by atoms with Gasteiger partial charge in [-0.2, -0.15) is 5.10 Å². The predicted molar refractivity (Wildman–Crippen MR) is 70.0 cm³/mol. The summed E-state index contributed by atoms with van der Waals surface area (Å²) in [6.45, 7) is 1.69. The van der Waals surface area contributed by atoms with Gasteiger partial charge in [-0.15, -0.1) is 0 Å². The van der Waals surface area contributed by atoms with Gasteiger partial charge in [0.15, 0.2) is 5.82 Å². The second-order valence-electron chi connectivity index (χ2n) is 3.65. The number of nitrogen functional groups attached to an aromatic ring is 1. The van der Waals surface area contributed by atoms with E-state index < -0.39 is 10.0 Å². The summed E-state index contributed by atoms with van der Waals surface area (Å²) in [5, 5.41) is 6.50. The fraction of sp³-hybridized carbons (Fsp3) is 0.100. The molecule has 0 spiro atoms. The highest BCUT2D eigenvalue weighted by Crippen LogP contribution is 2.25. The molecule has 1 aromatic heterocycles. The van der Waals surface area contributed by atoms with Crippen molar-refractivity contribution in [2.75, 3.05) is 10.5 Å².